The monoisotopic (exact) mass is 391 g/mol. The van der Waals surface area contributed by atoms with Crippen LogP contribution < -0.4 is 5.32 Å². The number of carbonyl (C=O) groups excluding carboxylic acids is 1. The summed E-state index contributed by atoms with van der Waals surface area (Å²) >= 11 is 1.57. The van der Waals surface area contributed by atoms with Crippen molar-refractivity contribution in [2.45, 2.75) is 31.9 Å². The van der Waals surface area contributed by atoms with E-state index in [9.17, 15) is 4.79 Å². The molecule has 1 aliphatic heterocycles. The molecule has 1 aromatic heterocycles. The Morgan fingerprint density at radius 2 is 2.00 bits per heavy atom. The molecule has 1 saturated carbocycles. The predicted octanol–water partition coefficient (Wildman–Crippen LogP) is 4.09. The van der Waals surface area contributed by atoms with Gasteiger partial charge in [-0.3, -0.25) is 4.79 Å². The number of aromatic nitrogens is 2. The maximum atomic E-state index is 12.8. The highest BCUT2D eigenvalue weighted by Crippen LogP contribution is 2.39. The Bertz CT molecular complexity index is 1030. The molecule has 1 N–H and O–H groups in total. The molecule has 1 saturated heterocycles. The van der Waals surface area contributed by atoms with E-state index in [1.807, 2.05) is 43.3 Å². The summed E-state index contributed by atoms with van der Waals surface area (Å²) in [5, 5.41) is 13.5. The van der Waals surface area contributed by atoms with Crippen molar-refractivity contribution in [2.75, 3.05) is 6.61 Å². The number of benzene rings is 2. The molecule has 2 fully saturated rings. The number of ether oxygens (including phenoxy) is 1. The molecule has 1 amide bonds. The zero-order valence-corrected chi connectivity index (χ0v) is 16.4. The van der Waals surface area contributed by atoms with Crippen molar-refractivity contribution in [2.24, 2.45) is 5.92 Å². The van der Waals surface area contributed by atoms with Crippen LogP contribution in [0, 0.1) is 12.8 Å². The molecule has 2 aliphatic rings. The van der Waals surface area contributed by atoms with Crippen molar-refractivity contribution >= 4 is 17.2 Å². The van der Waals surface area contributed by atoms with Gasteiger partial charge in [-0.25, -0.2) is 0 Å². The number of amides is 1. The normalized spacial score (nSPS) is 23.1. The minimum atomic E-state index is -0.0126. The van der Waals surface area contributed by atoms with Crippen molar-refractivity contribution in [1.82, 2.24) is 15.5 Å². The molecule has 2 heterocycles. The van der Waals surface area contributed by atoms with E-state index in [1.54, 1.807) is 11.3 Å². The predicted molar refractivity (Wildman–Crippen MR) is 109 cm³/mol. The molecular weight excluding hydrogens is 370 g/mol. The molecule has 0 unspecified atom stereocenters. The number of hydrogen-bond acceptors (Lipinski definition) is 5. The molecule has 28 heavy (non-hydrogen) atoms. The molecule has 142 valence electrons. The molecular formula is C22H21N3O2S. The van der Waals surface area contributed by atoms with Gasteiger partial charge in [0.1, 0.15) is 10.0 Å². The van der Waals surface area contributed by atoms with Gasteiger partial charge < -0.3 is 10.1 Å². The summed E-state index contributed by atoms with van der Waals surface area (Å²) in [5.41, 5.74) is 3.78. The minimum absolute atomic E-state index is 0.0126. The maximum Gasteiger partial charge on any atom is 0.251 e. The SMILES string of the molecule is Cc1nnc(-c2ccccc2-c2cccc(C(=O)N[C@@H]3C[C@H]4OCC[C@@H]34)c2)s1. The fraction of sp³-hybridized carbons (Fsp3) is 0.318. The summed E-state index contributed by atoms with van der Waals surface area (Å²) in [7, 11) is 0. The number of hydrogen-bond donors (Lipinski definition) is 1. The van der Waals surface area contributed by atoms with Crippen LogP contribution in [0.15, 0.2) is 48.5 Å². The van der Waals surface area contributed by atoms with Gasteiger partial charge in [0.25, 0.3) is 5.91 Å². The van der Waals surface area contributed by atoms with E-state index in [1.165, 1.54) is 0 Å². The smallest absolute Gasteiger partial charge is 0.251 e. The van der Waals surface area contributed by atoms with E-state index in [-0.39, 0.29) is 11.9 Å². The standard InChI is InChI=1S/C22H21N3O2S/c1-13-24-25-22(28-13)17-8-3-2-7-16(17)14-5-4-6-15(11-14)21(26)23-19-12-20-18(19)9-10-27-20/h2-8,11,18-20H,9-10,12H2,1H3,(H,23,26)/t18-,19+,20+/m0/s1. The lowest BCUT2D eigenvalue weighted by atomic mass is 9.76. The lowest BCUT2D eigenvalue weighted by Gasteiger charge is -2.39. The third-order valence-corrected chi connectivity index (χ3v) is 6.57. The van der Waals surface area contributed by atoms with Crippen LogP contribution in [0.4, 0.5) is 0 Å². The number of fused-ring (bicyclic) bond motifs is 1. The Hall–Kier alpha value is -2.57. The van der Waals surface area contributed by atoms with Gasteiger partial charge in [-0.15, -0.1) is 10.2 Å². The van der Waals surface area contributed by atoms with Gasteiger partial charge in [0.15, 0.2) is 0 Å². The second-order valence-corrected chi connectivity index (χ2v) is 8.61. The molecule has 0 spiro atoms. The van der Waals surface area contributed by atoms with E-state index in [2.05, 4.69) is 27.6 Å². The van der Waals surface area contributed by atoms with Crippen molar-refractivity contribution in [1.29, 1.82) is 0 Å². The summed E-state index contributed by atoms with van der Waals surface area (Å²) in [6.07, 6.45) is 2.32. The largest absolute Gasteiger partial charge is 0.378 e. The highest BCUT2D eigenvalue weighted by atomic mass is 32.1. The fourth-order valence-electron chi connectivity index (χ4n) is 4.17. The Morgan fingerprint density at radius 3 is 2.79 bits per heavy atom. The maximum absolute atomic E-state index is 12.8. The number of nitrogens with zero attached hydrogens (tertiary/aromatic N) is 2. The van der Waals surface area contributed by atoms with Crippen molar-refractivity contribution in [3.05, 3.63) is 59.1 Å². The lowest BCUT2D eigenvalue weighted by Crippen LogP contribution is -2.53. The average molecular weight is 391 g/mol. The number of carbonyl (C=O) groups is 1. The number of rotatable bonds is 4. The second-order valence-electron chi connectivity index (χ2n) is 7.43. The van der Waals surface area contributed by atoms with Gasteiger partial charge in [0.2, 0.25) is 0 Å². The molecule has 5 rings (SSSR count). The van der Waals surface area contributed by atoms with Gasteiger partial charge in [-0.2, -0.15) is 0 Å². The first-order valence-electron chi connectivity index (χ1n) is 9.61. The van der Waals surface area contributed by atoms with Crippen molar-refractivity contribution in [3.8, 4) is 21.7 Å². The quantitative estimate of drug-likeness (QED) is 0.728. The summed E-state index contributed by atoms with van der Waals surface area (Å²) in [4.78, 5) is 12.8. The van der Waals surface area contributed by atoms with E-state index in [4.69, 9.17) is 4.74 Å². The van der Waals surface area contributed by atoms with Crippen LogP contribution in [0.25, 0.3) is 21.7 Å². The topological polar surface area (TPSA) is 64.1 Å². The van der Waals surface area contributed by atoms with E-state index < -0.39 is 0 Å². The van der Waals surface area contributed by atoms with Crippen LogP contribution in [0.5, 0.6) is 0 Å². The first-order valence-corrected chi connectivity index (χ1v) is 10.4. The van der Waals surface area contributed by atoms with Gasteiger partial charge in [-0.05, 0) is 43.0 Å². The number of aryl methyl sites for hydroxylation is 1. The van der Waals surface area contributed by atoms with Gasteiger partial charge >= 0.3 is 0 Å². The Labute approximate surface area is 167 Å². The molecule has 2 aromatic carbocycles. The summed E-state index contributed by atoms with van der Waals surface area (Å²) in [6.45, 7) is 2.77. The van der Waals surface area contributed by atoms with Crippen LogP contribution >= 0.6 is 11.3 Å². The molecule has 3 aromatic rings. The van der Waals surface area contributed by atoms with Crippen LogP contribution in [0.2, 0.25) is 0 Å². The average Bonchev–Trinajstić information content (AvgIpc) is 3.31. The molecule has 0 bridgehead atoms. The van der Waals surface area contributed by atoms with Gasteiger partial charge in [-0.1, -0.05) is 47.7 Å². The van der Waals surface area contributed by atoms with Crippen LogP contribution in [-0.2, 0) is 4.74 Å². The first-order chi connectivity index (χ1) is 13.7. The zero-order chi connectivity index (χ0) is 19.1. The third kappa shape index (κ3) is 3.12. The Kier molecular flexibility index (Phi) is 4.45. The lowest BCUT2D eigenvalue weighted by molar-refractivity contribution is 0.00810. The van der Waals surface area contributed by atoms with Crippen LogP contribution in [-0.4, -0.2) is 34.9 Å². The Balaban J connectivity index is 1.41. The van der Waals surface area contributed by atoms with Crippen LogP contribution in [0.3, 0.4) is 0 Å². The zero-order valence-electron chi connectivity index (χ0n) is 15.6. The number of nitrogens with one attached hydrogen (secondary N) is 1. The fourth-order valence-corrected chi connectivity index (χ4v) is 4.90. The molecule has 5 nitrogen and oxygen atoms in total. The van der Waals surface area contributed by atoms with Gasteiger partial charge in [0.05, 0.1) is 6.10 Å². The van der Waals surface area contributed by atoms with Crippen molar-refractivity contribution < 1.29 is 9.53 Å². The second kappa shape index (κ2) is 7.11. The van der Waals surface area contributed by atoms with E-state index in [0.717, 1.165) is 46.2 Å². The minimum Gasteiger partial charge on any atom is -0.378 e. The molecule has 0 radical (unpaired) electrons. The Morgan fingerprint density at radius 1 is 1.14 bits per heavy atom. The summed E-state index contributed by atoms with van der Waals surface area (Å²) in [5.74, 6) is 0.468. The van der Waals surface area contributed by atoms with Crippen molar-refractivity contribution in [3.63, 3.8) is 0 Å². The van der Waals surface area contributed by atoms with Gasteiger partial charge in [0, 0.05) is 29.7 Å². The molecule has 1 aliphatic carbocycles. The van der Waals surface area contributed by atoms with E-state index >= 15 is 0 Å². The first kappa shape index (κ1) is 17.5. The molecule has 3 atom stereocenters. The highest BCUT2D eigenvalue weighted by Gasteiger charge is 2.45. The highest BCUT2D eigenvalue weighted by molar-refractivity contribution is 7.14. The third-order valence-electron chi connectivity index (χ3n) is 5.70. The van der Waals surface area contributed by atoms with Crippen LogP contribution in [0.1, 0.15) is 28.2 Å². The molecule has 6 heteroatoms. The van der Waals surface area contributed by atoms with E-state index in [0.29, 0.717) is 17.6 Å². The summed E-state index contributed by atoms with van der Waals surface area (Å²) in [6, 6.07) is 16.2. The summed E-state index contributed by atoms with van der Waals surface area (Å²) < 4.78 is 5.64.